The normalized spacial score (nSPS) is 11.5. The smallest absolute Gasteiger partial charge is 0.347 e. The number of carbonyl (C=O) groups excluding carboxylic acids is 3. The van der Waals surface area contributed by atoms with Gasteiger partial charge in [0.2, 0.25) is 6.17 Å². The summed E-state index contributed by atoms with van der Waals surface area (Å²) in [5.41, 5.74) is 0.380. The molecule has 0 saturated heterocycles. The van der Waals surface area contributed by atoms with Gasteiger partial charge in [0.05, 0.1) is 7.11 Å². The van der Waals surface area contributed by atoms with Gasteiger partial charge in [-0.05, 0) is 47.5 Å². The number of aromatic nitrogens is 2. The number of nitrogens with zero attached hydrogens (tertiary/aromatic N) is 3. The zero-order valence-electron chi connectivity index (χ0n) is 28.7. The summed E-state index contributed by atoms with van der Waals surface area (Å²) in [5, 5.41) is 34.7. The first-order valence-corrected chi connectivity index (χ1v) is 17.1. The lowest BCUT2D eigenvalue weighted by Crippen LogP contribution is -2.57. The number of pyridine rings is 2. The molecule has 4 aromatic carbocycles. The molecule has 6 rings (SSSR count). The number of aliphatic carboxylic acids is 1. The molecule has 280 valence electrons. The fourth-order valence-corrected chi connectivity index (χ4v) is 6.01. The predicted molar refractivity (Wildman–Crippen MR) is 200 cm³/mol. The SMILES string of the molecule is COC(=O)CN(C(=O)c1nc(Cl)c2cc(OCc3ccccc3)ccc2c1O)C(NC(=O)c1nc(Cl)c2cc(OCc3ccccc3)ccc2c1O)C(=O)O. The lowest BCUT2D eigenvalue weighted by atomic mass is 10.1. The van der Waals surface area contributed by atoms with Gasteiger partial charge in [0.15, 0.2) is 22.9 Å². The van der Waals surface area contributed by atoms with E-state index in [9.17, 15) is 34.5 Å². The van der Waals surface area contributed by atoms with E-state index < -0.39 is 59.4 Å². The molecular weight excluding hydrogens is 755 g/mol. The molecule has 2 heterocycles. The number of esters is 1. The number of benzene rings is 4. The number of methoxy groups -OCH3 is 1. The number of carboxylic acid groups (broad SMARTS) is 1. The molecule has 0 saturated carbocycles. The van der Waals surface area contributed by atoms with Gasteiger partial charge >= 0.3 is 11.9 Å². The minimum absolute atomic E-state index is 0.0536. The second kappa shape index (κ2) is 16.6. The Kier molecular flexibility index (Phi) is 11.5. The van der Waals surface area contributed by atoms with Crippen molar-refractivity contribution >= 4 is 68.5 Å². The highest BCUT2D eigenvalue weighted by Crippen LogP contribution is 2.37. The number of fused-ring (bicyclic) bond motifs is 2. The highest BCUT2D eigenvalue weighted by molar-refractivity contribution is 6.35. The van der Waals surface area contributed by atoms with Crippen LogP contribution in [0.5, 0.6) is 23.0 Å². The quantitative estimate of drug-likeness (QED) is 0.0596. The summed E-state index contributed by atoms with van der Waals surface area (Å²) in [5.74, 6) is -6.09. The standard InChI is InChI=1S/C39H30Cl2N4O10/c1-53-29(46)18-45(38(50)31-33(48)26-15-13-24(17-28(26)35(41)43-31)55-20-22-10-6-3-7-11-22)36(39(51)52)44-37(49)30-32(47)25-14-12-23(16-27(25)34(40)42-30)54-19-21-8-4-2-5-9-21/h2-17,36,47-48H,18-20H2,1H3,(H,44,49)(H,51,52). The minimum atomic E-state index is -2.30. The summed E-state index contributed by atoms with van der Waals surface area (Å²) in [6, 6.07) is 27.6. The van der Waals surface area contributed by atoms with Crippen LogP contribution in [0.25, 0.3) is 21.5 Å². The van der Waals surface area contributed by atoms with E-state index in [1.54, 1.807) is 0 Å². The van der Waals surface area contributed by atoms with Crippen LogP contribution in [-0.4, -0.2) is 73.8 Å². The number of carboxylic acids is 1. The van der Waals surface area contributed by atoms with Gasteiger partial charge in [0.25, 0.3) is 11.8 Å². The largest absolute Gasteiger partial charge is 0.505 e. The van der Waals surface area contributed by atoms with Crippen molar-refractivity contribution in [3.8, 4) is 23.0 Å². The number of ether oxygens (including phenoxy) is 3. The maximum Gasteiger partial charge on any atom is 0.347 e. The number of amides is 2. The molecule has 0 radical (unpaired) electrons. The van der Waals surface area contributed by atoms with Crippen molar-refractivity contribution in [3.05, 3.63) is 130 Å². The van der Waals surface area contributed by atoms with Crippen LogP contribution in [0, 0.1) is 0 Å². The van der Waals surface area contributed by atoms with E-state index in [2.05, 4.69) is 20.0 Å². The lowest BCUT2D eigenvalue weighted by molar-refractivity contribution is -0.147. The fraction of sp³-hybridized carbons (Fsp3) is 0.128. The van der Waals surface area contributed by atoms with Gasteiger partial charge in [-0.15, -0.1) is 0 Å². The Morgan fingerprint density at radius 1 is 0.709 bits per heavy atom. The third-order valence-electron chi connectivity index (χ3n) is 8.32. The van der Waals surface area contributed by atoms with Gasteiger partial charge in [-0.25, -0.2) is 14.8 Å². The van der Waals surface area contributed by atoms with Crippen molar-refractivity contribution in [3.63, 3.8) is 0 Å². The molecule has 2 aromatic heterocycles. The Morgan fingerprint density at radius 2 is 1.18 bits per heavy atom. The molecule has 0 spiro atoms. The van der Waals surface area contributed by atoms with Crippen LogP contribution in [-0.2, 0) is 27.5 Å². The highest BCUT2D eigenvalue weighted by atomic mass is 35.5. The van der Waals surface area contributed by atoms with Crippen molar-refractivity contribution in [1.29, 1.82) is 0 Å². The molecule has 0 fully saturated rings. The molecule has 55 heavy (non-hydrogen) atoms. The van der Waals surface area contributed by atoms with E-state index in [0.717, 1.165) is 18.2 Å². The molecule has 0 aliphatic heterocycles. The topological polar surface area (TPSA) is 198 Å². The number of nitrogens with one attached hydrogen (secondary N) is 1. The summed E-state index contributed by atoms with van der Waals surface area (Å²) in [6.45, 7) is -0.557. The van der Waals surface area contributed by atoms with Crippen LogP contribution in [0.4, 0.5) is 0 Å². The molecule has 1 unspecified atom stereocenters. The van der Waals surface area contributed by atoms with Crippen LogP contribution < -0.4 is 14.8 Å². The van der Waals surface area contributed by atoms with Crippen LogP contribution in [0.2, 0.25) is 10.3 Å². The second-order valence-corrected chi connectivity index (χ2v) is 12.6. The molecule has 16 heteroatoms. The first-order valence-electron chi connectivity index (χ1n) is 16.3. The molecule has 2 amide bonds. The van der Waals surface area contributed by atoms with E-state index in [1.165, 1.54) is 36.4 Å². The van der Waals surface area contributed by atoms with Crippen molar-refractivity contribution in [2.45, 2.75) is 19.4 Å². The molecule has 4 N–H and O–H groups in total. The number of aromatic hydroxyl groups is 2. The van der Waals surface area contributed by atoms with Crippen molar-refractivity contribution < 1.29 is 48.7 Å². The minimum Gasteiger partial charge on any atom is -0.505 e. The number of hydrogen-bond donors (Lipinski definition) is 4. The van der Waals surface area contributed by atoms with Gasteiger partial charge in [-0.1, -0.05) is 83.9 Å². The third-order valence-corrected chi connectivity index (χ3v) is 8.90. The first kappa shape index (κ1) is 38.1. The highest BCUT2D eigenvalue weighted by Gasteiger charge is 2.37. The number of rotatable bonds is 13. The molecule has 1 atom stereocenters. The van der Waals surface area contributed by atoms with E-state index in [0.29, 0.717) is 16.4 Å². The van der Waals surface area contributed by atoms with Gasteiger partial charge in [-0.3, -0.25) is 19.3 Å². The Balaban J connectivity index is 1.27. The van der Waals surface area contributed by atoms with Crippen molar-refractivity contribution in [2.75, 3.05) is 13.7 Å². The summed E-state index contributed by atoms with van der Waals surface area (Å²) in [7, 11) is 0.997. The predicted octanol–water partition coefficient (Wildman–Crippen LogP) is 6.11. The lowest BCUT2D eigenvalue weighted by Gasteiger charge is -2.28. The third kappa shape index (κ3) is 8.45. The number of halogens is 2. The van der Waals surface area contributed by atoms with E-state index >= 15 is 0 Å². The molecule has 0 aliphatic rings. The van der Waals surface area contributed by atoms with Crippen LogP contribution in [0.3, 0.4) is 0 Å². The van der Waals surface area contributed by atoms with Gasteiger partial charge < -0.3 is 34.8 Å². The Hall–Kier alpha value is -6.64. The van der Waals surface area contributed by atoms with Crippen molar-refractivity contribution in [2.24, 2.45) is 0 Å². The van der Waals surface area contributed by atoms with E-state index in [1.807, 2.05) is 60.7 Å². The molecule has 0 aliphatic carbocycles. The monoisotopic (exact) mass is 784 g/mol. The number of hydrogen-bond acceptors (Lipinski definition) is 11. The van der Waals surface area contributed by atoms with Crippen molar-refractivity contribution in [1.82, 2.24) is 20.2 Å². The summed E-state index contributed by atoms with van der Waals surface area (Å²) in [6.07, 6.45) is -2.30. The van der Waals surface area contributed by atoms with Crippen LogP contribution in [0.15, 0.2) is 97.1 Å². The van der Waals surface area contributed by atoms with E-state index in [-0.39, 0.29) is 45.1 Å². The Morgan fingerprint density at radius 3 is 1.65 bits per heavy atom. The first-order chi connectivity index (χ1) is 26.4. The average Bonchev–Trinajstić information content (AvgIpc) is 3.20. The zero-order valence-corrected chi connectivity index (χ0v) is 30.2. The average molecular weight is 786 g/mol. The maximum absolute atomic E-state index is 14.0. The fourth-order valence-electron chi connectivity index (χ4n) is 5.53. The Labute approximate surface area is 322 Å². The molecule has 14 nitrogen and oxygen atoms in total. The second-order valence-electron chi connectivity index (χ2n) is 11.9. The summed E-state index contributed by atoms with van der Waals surface area (Å²) >= 11 is 12.9. The van der Waals surface area contributed by atoms with Gasteiger partial charge in [0, 0.05) is 21.5 Å². The maximum atomic E-state index is 14.0. The number of carbonyl (C=O) groups is 4. The molecular formula is C39H30Cl2N4O10. The van der Waals surface area contributed by atoms with Crippen LogP contribution in [0.1, 0.15) is 32.1 Å². The summed E-state index contributed by atoms with van der Waals surface area (Å²) in [4.78, 5) is 61.1. The molecule has 6 aromatic rings. The van der Waals surface area contributed by atoms with E-state index in [4.69, 9.17) is 32.7 Å². The summed E-state index contributed by atoms with van der Waals surface area (Å²) < 4.78 is 16.3. The Bertz CT molecular complexity index is 2430. The van der Waals surface area contributed by atoms with Gasteiger partial charge in [0.1, 0.15) is 41.6 Å². The van der Waals surface area contributed by atoms with Gasteiger partial charge in [-0.2, -0.15) is 0 Å². The van der Waals surface area contributed by atoms with Crippen LogP contribution >= 0.6 is 23.2 Å². The zero-order chi connectivity index (χ0) is 39.2. The molecule has 0 bridgehead atoms.